The number of pyridine rings is 2. The fourth-order valence-corrected chi connectivity index (χ4v) is 3.76. The number of hydrogen-bond acceptors (Lipinski definition) is 5. The predicted molar refractivity (Wildman–Crippen MR) is 91.8 cm³/mol. The molecule has 0 saturated heterocycles. The summed E-state index contributed by atoms with van der Waals surface area (Å²) in [6.45, 7) is 3.01. The van der Waals surface area contributed by atoms with Gasteiger partial charge in [0, 0.05) is 41.3 Å². The van der Waals surface area contributed by atoms with Gasteiger partial charge in [0.15, 0.2) is 5.13 Å². The highest BCUT2D eigenvalue weighted by molar-refractivity contribution is 7.23. The van der Waals surface area contributed by atoms with Crippen molar-refractivity contribution in [2.24, 2.45) is 0 Å². The molecule has 0 saturated carbocycles. The molecule has 22 heavy (non-hydrogen) atoms. The van der Waals surface area contributed by atoms with E-state index < -0.39 is 0 Å². The van der Waals surface area contributed by atoms with Gasteiger partial charge in [0.2, 0.25) is 0 Å². The van der Waals surface area contributed by atoms with Crippen molar-refractivity contribution < 1.29 is 0 Å². The average Bonchev–Trinajstić information content (AvgIpc) is 2.97. The molecule has 0 bridgehead atoms. The fourth-order valence-electron chi connectivity index (χ4n) is 2.73. The van der Waals surface area contributed by atoms with Gasteiger partial charge in [-0.05, 0) is 18.6 Å². The van der Waals surface area contributed by atoms with Gasteiger partial charge in [-0.2, -0.15) is 0 Å². The fraction of sp³-hybridized carbons (Fsp3) is 0.188. The van der Waals surface area contributed by atoms with E-state index in [1.807, 2.05) is 12.1 Å². The summed E-state index contributed by atoms with van der Waals surface area (Å²) in [5.74, 6) is 0. The molecule has 6 heteroatoms. The number of H-pyrrole nitrogens is 1. The summed E-state index contributed by atoms with van der Waals surface area (Å²) in [6, 6.07) is 3.86. The lowest BCUT2D eigenvalue weighted by Gasteiger charge is -2.03. The summed E-state index contributed by atoms with van der Waals surface area (Å²) in [5.41, 5.74) is 0.841. The molecule has 0 amide bonds. The van der Waals surface area contributed by atoms with Crippen LogP contribution in [-0.4, -0.2) is 21.5 Å². The minimum Gasteiger partial charge on any atom is -0.361 e. The van der Waals surface area contributed by atoms with Crippen molar-refractivity contribution in [2.45, 2.75) is 13.3 Å². The molecule has 0 radical (unpaired) electrons. The zero-order valence-corrected chi connectivity index (χ0v) is 12.8. The largest absolute Gasteiger partial charge is 0.361 e. The molecule has 0 aliphatic rings. The van der Waals surface area contributed by atoms with Crippen LogP contribution in [0.2, 0.25) is 0 Å². The quantitative estimate of drug-likeness (QED) is 0.568. The number of nitrogens with zero attached hydrogens (tertiary/aromatic N) is 2. The van der Waals surface area contributed by atoms with E-state index in [1.54, 1.807) is 29.9 Å². The van der Waals surface area contributed by atoms with Crippen molar-refractivity contribution in [3.05, 3.63) is 41.1 Å². The van der Waals surface area contributed by atoms with E-state index in [0.717, 1.165) is 44.5 Å². The number of aromatic amines is 1. The van der Waals surface area contributed by atoms with Gasteiger partial charge in [0.1, 0.15) is 0 Å². The number of nitrogens with one attached hydrogen (secondary N) is 2. The van der Waals surface area contributed by atoms with Crippen LogP contribution >= 0.6 is 11.3 Å². The third-order valence-electron chi connectivity index (χ3n) is 3.70. The van der Waals surface area contributed by atoms with Crippen molar-refractivity contribution in [3.8, 4) is 0 Å². The molecule has 0 aliphatic carbocycles. The zero-order chi connectivity index (χ0) is 15.1. The maximum absolute atomic E-state index is 12.3. The van der Waals surface area contributed by atoms with Crippen LogP contribution in [0.3, 0.4) is 0 Å². The Morgan fingerprint density at radius 2 is 2.18 bits per heavy atom. The van der Waals surface area contributed by atoms with Gasteiger partial charge in [-0.3, -0.25) is 9.78 Å². The normalized spacial score (nSPS) is 11.5. The molecule has 4 aromatic rings. The first-order valence-corrected chi connectivity index (χ1v) is 8.02. The standard InChI is InChI=1S/C16H14N4OS/c1-2-5-19-16-20-13-9-3-6-17-8-11(9)12-10(14(13)22-16)4-7-18-15(12)21/h3-4,6-8H,2,5H2,1H3,(H,18,21)(H,19,20). The van der Waals surface area contributed by atoms with Crippen molar-refractivity contribution in [1.29, 1.82) is 0 Å². The van der Waals surface area contributed by atoms with Crippen LogP contribution in [-0.2, 0) is 0 Å². The lowest BCUT2D eigenvalue weighted by atomic mass is 10.0. The second kappa shape index (κ2) is 5.06. The van der Waals surface area contributed by atoms with Gasteiger partial charge < -0.3 is 10.3 Å². The molecule has 1 aromatic carbocycles. The minimum atomic E-state index is -0.0890. The van der Waals surface area contributed by atoms with Gasteiger partial charge in [-0.1, -0.05) is 18.3 Å². The molecule has 4 rings (SSSR count). The molecule has 3 aromatic heterocycles. The van der Waals surface area contributed by atoms with Crippen molar-refractivity contribution in [2.75, 3.05) is 11.9 Å². The van der Waals surface area contributed by atoms with Crippen LogP contribution in [0.25, 0.3) is 31.8 Å². The Labute approximate surface area is 130 Å². The monoisotopic (exact) mass is 310 g/mol. The number of hydrogen-bond donors (Lipinski definition) is 2. The molecule has 3 heterocycles. The highest BCUT2D eigenvalue weighted by atomic mass is 32.1. The van der Waals surface area contributed by atoms with E-state index in [9.17, 15) is 4.79 Å². The molecule has 0 fully saturated rings. The molecular weight excluding hydrogens is 296 g/mol. The van der Waals surface area contributed by atoms with Crippen LogP contribution in [0.4, 0.5) is 5.13 Å². The number of anilines is 1. The SMILES string of the molecule is CCCNc1nc2c3ccncc3c3c(=O)[nH]ccc3c2s1. The molecule has 0 spiro atoms. The average molecular weight is 310 g/mol. The topological polar surface area (TPSA) is 70.7 Å². The molecule has 5 nitrogen and oxygen atoms in total. The third kappa shape index (κ3) is 1.88. The first-order valence-electron chi connectivity index (χ1n) is 7.21. The van der Waals surface area contributed by atoms with E-state index in [-0.39, 0.29) is 5.56 Å². The molecule has 0 atom stereocenters. The summed E-state index contributed by atoms with van der Waals surface area (Å²) >= 11 is 1.59. The third-order valence-corrected chi connectivity index (χ3v) is 4.75. The summed E-state index contributed by atoms with van der Waals surface area (Å²) < 4.78 is 1.04. The lowest BCUT2D eigenvalue weighted by Crippen LogP contribution is -2.05. The van der Waals surface area contributed by atoms with Crippen LogP contribution in [0.15, 0.2) is 35.5 Å². The van der Waals surface area contributed by atoms with Crippen LogP contribution in [0, 0.1) is 0 Å². The van der Waals surface area contributed by atoms with Crippen LogP contribution in [0.1, 0.15) is 13.3 Å². The Hall–Kier alpha value is -2.47. The van der Waals surface area contributed by atoms with Gasteiger partial charge in [0.25, 0.3) is 5.56 Å². The van der Waals surface area contributed by atoms with Crippen LogP contribution in [0.5, 0.6) is 0 Å². The lowest BCUT2D eigenvalue weighted by molar-refractivity contribution is 0.977. The number of thiazole rings is 1. The summed E-state index contributed by atoms with van der Waals surface area (Å²) in [7, 11) is 0. The maximum atomic E-state index is 12.3. The van der Waals surface area contributed by atoms with E-state index in [0.29, 0.717) is 5.39 Å². The highest BCUT2D eigenvalue weighted by Gasteiger charge is 2.15. The summed E-state index contributed by atoms with van der Waals surface area (Å²) in [5, 5.41) is 7.65. The van der Waals surface area contributed by atoms with Gasteiger partial charge in [-0.25, -0.2) is 4.98 Å². The smallest absolute Gasteiger partial charge is 0.256 e. The van der Waals surface area contributed by atoms with E-state index >= 15 is 0 Å². The van der Waals surface area contributed by atoms with Crippen molar-refractivity contribution in [1.82, 2.24) is 15.0 Å². The van der Waals surface area contributed by atoms with E-state index in [2.05, 4.69) is 22.2 Å². The summed E-state index contributed by atoms with van der Waals surface area (Å²) in [4.78, 5) is 24.0. The van der Waals surface area contributed by atoms with Crippen molar-refractivity contribution in [3.63, 3.8) is 0 Å². The Morgan fingerprint density at radius 1 is 1.27 bits per heavy atom. The van der Waals surface area contributed by atoms with Gasteiger partial charge in [0.05, 0.1) is 15.6 Å². The minimum absolute atomic E-state index is 0.0890. The second-order valence-corrected chi connectivity index (χ2v) is 6.14. The number of fused-ring (bicyclic) bond motifs is 6. The number of rotatable bonds is 3. The number of aromatic nitrogens is 3. The van der Waals surface area contributed by atoms with Gasteiger partial charge >= 0.3 is 0 Å². The summed E-state index contributed by atoms with van der Waals surface area (Å²) in [6.07, 6.45) is 6.21. The molecule has 110 valence electrons. The van der Waals surface area contributed by atoms with Crippen molar-refractivity contribution >= 4 is 48.2 Å². The first kappa shape index (κ1) is 13.2. The van der Waals surface area contributed by atoms with E-state index in [1.165, 1.54) is 0 Å². The Kier molecular flexibility index (Phi) is 3.04. The molecule has 0 aliphatic heterocycles. The Morgan fingerprint density at radius 3 is 3.05 bits per heavy atom. The molecular formula is C16H14N4OS. The first-order chi connectivity index (χ1) is 10.8. The highest BCUT2D eigenvalue weighted by Crippen LogP contribution is 2.37. The van der Waals surface area contributed by atoms with E-state index in [4.69, 9.17) is 4.98 Å². The van der Waals surface area contributed by atoms with Crippen LogP contribution < -0.4 is 10.9 Å². The molecule has 0 unspecified atom stereocenters. The zero-order valence-electron chi connectivity index (χ0n) is 12.0. The second-order valence-electron chi connectivity index (χ2n) is 5.14. The van der Waals surface area contributed by atoms with Gasteiger partial charge in [-0.15, -0.1) is 0 Å². The number of benzene rings is 1. The predicted octanol–water partition coefficient (Wildman–Crippen LogP) is 3.51. The Bertz CT molecular complexity index is 1050. The molecule has 2 N–H and O–H groups in total. The maximum Gasteiger partial charge on any atom is 0.256 e. The Balaban J connectivity index is 2.19.